The normalized spacial score (nSPS) is 11.1. The standard InChI is InChI=1S/C22H22N2O5/c1-22(2,3)24-21(27)23-19(25)13-28-15-9-10-16-17(14-7-5-4-6-8-14)12-20(26)29-18(16)11-15/h4-12H,13H2,1-3H3,(H2,23,24,25,27). The molecule has 1 aromatic heterocycles. The Morgan fingerprint density at radius 2 is 1.76 bits per heavy atom. The minimum atomic E-state index is -0.594. The summed E-state index contributed by atoms with van der Waals surface area (Å²) in [6.07, 6.45) is 0. The fraction of sp³-hybridized carbons (Fsp3) is 0.227. The van der Waals surface area contributed by atoms with E-state index in [0.29, 0.717) is 11.3 Å². The molecule has 0 aliphatic heterocycles. The molecule has 1 heterocycles. The molecule has 0 atom stereocenters. The van der Waals surface area contributed by atoms with Crippen LogP contribution in [0, 0.1) is 0 Å². The number of urea groups is 1. The predicted molar refractivity (Wildman–Crippen MR) is 110 cm³/mol. The summed E-state index contributed by atoms with van der Waals surface area (Å²) in [6, 6.07) is 15.3. The molecule has 0 aliphatic carbocycles. The molecule has 29 heavy (non-hydrogen) atoms. The van der Waals surface area contributed by atoms with Gasteiger partial charge in [0, 0.05) is 23.1 Å². The molecule has 0 radical (unpaired) electrons. The lowest BCUT2D eigenvalue weighted by molar-refractivity contribution is -0.122. The maximum absolute atomic E-state index is 12.0. The first-order valence-corrected chi connectivity index (χ1v) is 9.09. The van der Waals surface area contributed by atoms with E-state index >= 15 is 0 Å². The molecular formula is C22H22N2O5. The molecule has 0 saturated heterocycles. The van der Waals surface area contributed by atoms with Gasteiger partial charge in [-0.05, 0) is 44.0 Å². The minimum absolute atomic E-state index is 0.345. The summed E-state index contributed by atoms with van der Waals surface area (Å²) < 4.78 is 10.7. The van der Waals surface area contributed by atoms with Crippen LogP contribution in [0.1, 0.15) is 20.8 Å². The summed E-state index contributed by atoms with van der Waals surface area (Å²) in [5, 5.41) is 5.57. The molecule has 0 aliphatic rings. The van der Waals surface area contributed by atoms with E-state index in [1.807, 2.05) is 30.3 Å². The molecule has 7 heteroatoms. The predicted octanol–water partition coefficient (Wildman–Crippen LogP) is 3.46. The molecule has 0 spiro atoms. The molecule has 7 nitrogen and oxygen atoms in total. The number of benzene rings is 2. The Morgan fingerprint density at radius 3 is 2.45 bits per heavy atom. The highest BCUT2D eigenvalue weighted by Gasteiger charge is 2.16. The number of ether oxygens (including phenoxy) is 1. The van der Waals surface area contributed by atoms with E-state index in [0.717, 1.165) is 16.5 Å². The van der Waals surface area contributed by atoms with Crippen molar-refractivity contribution < 1.29 is 18.7 Å². The Labute approximate surface area is 167 Å². The van der Waals surface area contributed by atoms with Crippen molar-refractivity contribution in [2.75, 3.05) is 6.61 Å². The zero-order valence-corrected chi connectivity index (χ0v) is 16.4. The van der Waals surface area contributed by atoms with E-state index in [4.69, 9.17) is 9.15 Å². The van der Waals surface area contributed by atoms with Crippen LogP contribution in [0.4, 0.5) is 4.79 Å². The highest BCUT2D eigenvalue weighted by Crippen LogP contribution is 2.29. The van der Waals surface area contributed by atoms with Crippen LogP contribution < -0.4 is 21.0 Å². The molecule has 0 unspecified atom stereocenters. The average molecular weight is 394 g/mol. The van der Waals surface area contributed by atoms with Crippen LogP contribution in [-0.2, 0) is 4.79 Å². The number of nitrogens with one attached hydrogen (secondary N) is 2. The van der Waals surface area contributed by atoms with Crippen molar-refractivity contribution in [3.8, 4) is 16.9 Å². The second-order valence-corrected chi connectivity index (χ2v) is 7.54. The molecule has 0 fully saturated rings. The molecular weight excluding hydrogens is 372 g/mol. The zero-order chi connectivity index (χ0) is 21.0. The van der Waals surface area contributed by atoms with Crippen LogP contribution in [0.5, 0.6) is 5.75 Å². The lowest BCUT2D eigenvalue weighted by Crippen LogP contribution is -2.49. The number of fused-ring (bicyclic) bond motifs is 1. The van der Waals surface area contributed by atoms with Crippen LogP contribution in [-0.4, -0.2) is 24.1 Å². The van der Waals surface area contributed by atoms with E-state index in [2.05, 4.69) is 10.6 Å². The summed E-state index contributed by atoms with van der Waals surface area (Å²) >= 11 is 0. The lowest BCUT2D eigenvalue weighted by Gasteiger charge is -2.20. The van der Waals surface area contributed by atoms with Crippen molar-refractivity contribution in [2.24, 2.45) is 0 Å². The summed E-state index contributed by atoms with van der Waals surface area (Å²) in [4.78, 5) is 35.6. The van der Waals surface area contributed by atoms with Crippen molar-refractivity contribution in [1.29, 1.82) is 0 Å². The maximum atomic E-state index is 12.0. The van der Waals surface area contributed by atoms with Gasteiger partial charge in [-0.3, -0.25) is 10.1 Å². The molecule has 150 valence electrons. The first-order chi connectivity index (χ1) is 13.7. The van der Waals surface area contributed by atoms with E-state index in [-0.39, 0.29) is 6.61 Å². The van der Waals surface area contributed by atoms with E-state index in [1.54, 1.807) is 39.0 Å². The van der Waals surface area contributed by atoms with Gasteiger partial charge in [0.15, 0.2) is 6.61 Å². The largest absolute Gasteiger partial charge is 0.484 e. The maximum Gasteiger partial charge on any atom is 0.336 e. The Balaban J connectivity index is 1.74. The van der Waals surface area contributed by atoms with Crippen molar-refractivity contribution in [3.63, 3.8) is 0 Å². The third-order valence-electron chi connectivity index (χ3n) is 3.91. The number of hydrogen-bond acceptors (Lipinski definition) is 5. The summed E-state index contributed by atoms with van der Waals surface area (Å²) in [6.45, 7) is 5.06. The summed E-state index contributed by atoms with van der Waals surface area (Å²) in [5.74, 6) is -0.247. The third kappa shape index (κ3) is 5.44. The number of carbonyl (C=O) groups excluding carboxylic acids is 2. The molecule has 3 aromatic rings. The molecule has 2 aromatic carbocycles. The Bertz CT molecular complexity index is 1100. The second-order valence-electron chi connectivity index (χ2n) is 7.54. The Morgan fingerprint density at radius 1 is 1.03 bits per heavy atom. The number of rotatable bonds is 4. The smallest absolute Gasteiger partial charge is 0.336 e. The van der Waals surface area contributed by atoms with Gasteiger partial charge in [-0.2, -0.15) is 0 Å². The van der Waals surface area contributed by atoms with Gasteiger partial charge in [-0.1, -0.05) is 30.3 Å². The molecule has 3 rings (SSSR count). The van der Waals surface area contributed by atoms with E-state index < -0.39 is 23.1 Å². The molecule has 0 bridgehead atoms. The topological polar surface area (TPSA) is 97.6 Å². The molecule has 2 N–H and O–H groups in total. The van der Waals surface area contributed by atoms with Gasteiger partial charge >= 0.3 is 11.7 Å². The van der Waals surface area contributed by atoms with Crippen LogP contribution in [0.2, 0.25) is 0 Å². The van der Waals surface area contributed by atoms with Gasteiger partial charge in [-0.15, -0.1) is 0 Å². The third-order valence-corrected chi connectivity index (χ3v) is 3.91. The molecule has 0 saturated carbocycles. The fourth-order valence-electron chi connectivity index (χ4n) is 2.77. The Hall–Kier alpha value is -3.61. The lowest BCUT2D eigenvalue weighted by atomic mass is 10.0. The van der Waals surface area contributed by atoms with Gasteiger partial charge < -0.3 is 14.5 Å². The van der Waals surface area contributed by atoms with Crippen LogP contribution in [0.25, 0.3) is 22.1 Å². The number of imide groups is 1. The fourth-order valence-corrected chi connectivity index (χ4v) is 2.77. The first kappa shape index (κ1) is 20.1. The quantitative estimate of drug-likeness (QED) is 0.661. The van der Waals surface area contributed by atoms with Crippen LogP contribution in [0.15, 0.2) is 63.8 Å². The van der Waals surface area contributed by atoms with Crippen molar-refractivity contribution in [1.82, 2.24) is 10.6 Å². The second kappa shape index (κ2) is 8.18. The highest BCUT2D eigenvalue weighted by molar-refractivity contribution is 5.95. The van der Waals surface area contributed by atoms with Crippen molar-refractivity contribution in [2.45, 2.75) is 26.3 Å². The summed E-state index contributed by atoms with van der Waals surface area (Å²) in [7, 11) is 0. The van der Waals surface area contributed by atoms with Gasteiger partial charge in [0.2, 0.25) is 0 Å². The average Bonchev–Trinajstić information content (AvgIpc) is 2.64. The summed E-state index contributed by atoms with van der Waals surface area (Å²) in [5.41, 5.74) is 1.05. The van der Waals surface area contributed by atoms with Gasteiger partial charge in [0.1, 0.15) is 11.3 Å². The van der Waals surface area contributed by atoms with Gasteiger partial charge in [0.25, 0.3) is 5.91 Å². The van der Waals surface area contributed by atoms with E-state index in [1.165, 1.54) is 6.07 Å². The SMILES string of the molecule is CC(C)(C)NC(=O)NC(=O)COc1ccc2c(-c3ccccc3)cc(=O)oc2c1. The van der Waals surface area contributed by atoms with Gasteiger partial charge in [0.05, 0.1) is 0 Å². The van der Waals surface area contributed by atoms with Crippen LogP contribution >= 0.6 is 0 Å². The molecule has 3 amide bonds. The van der Waals surface area contributed by atoms with Crippen molar-refractivity contribution in [3.05, 3.63) is 65.0 Å². The Kier molecular flexibility index (Phi) is 5.68. The first-order valence-electron chi connectivity index (χ1n) is 9.09. The number of hydrogen-bond donors (Lipinski definition) is 2. The van der Waals surface area contributed by atoms with Gasteiger partial charge in [-0.25, -0.2) is 9.59 Å². The number of amides is 3. The minimum Gasteiger partial charge on any atom is -0.484 e. The number of carbonyl (C=O) groups is 2. The monoisotopic (exact) mass is 394 g/mol. The highest BCUT2D eigenvalue weighted by atomic mass is 16.5. The van der Waals surface area contributed by atoms with Crippen molar-refractivity contribution >= 4 is 22.9 Å². The van der Waals surface area contributed by atoms with Crippen LogP contribution in [0.3, 0.4) is 0 Å². The van der Waals surface area contributed by atoms with E-state index in [9.17, 15) is 14.4 Å². The zero-order valence-electron chi connectivity index (χ0n) is 16.4.